The fraction of sp³-hybridized carbons (Fsp3) is 0.381. The van der Waals surface area contributed by atoms with Gasteiger partial charge in [-0.25, -0.2) is 4.39 Å². The van der Waals surface area contributed by atoms with Crippen LogP contribution in [0.15, 0.2) is 36.5 Å². The van der Waals surface area contributed by atoms with Crippen LogP contribution in [-0.2, 0) is 25.2 Å². The van der Waals surface area contributed by atoms with Crippen molar-refractivity contribution in [3.05, 3.63) is 64.1 Å². The van der Waals surface area contributed by atoms with Crippen LogP contribution < -0.4 is 0 Å². The van der Waals surface area contributed by atoms with Crippen LogP contribution in [0.5, 0.6) is 0 Å². The number of likely N-dealkylation sites (N-methyl/N-ethyl adjacent to an activating group) is 1. The molecule has 5 heteroatoms. The van der Waals surface area contributed by atoms with Gasteiger partial charge in [-0.15, -0.1) is 0 Å². The molecule has 3 heterocycles. The Morgan fingerprint density at radius 3 is 2.81 bits per heavy atom. The zero-order valence-electron chi connectivity index (χ0n) is 15.4. The Morgan fingerprint density at radius 1 is 1.27 bits per heavy atom. The third kappa shape index (κ3) is 3.01. The van der Waals surface area contributed by atoms with E-state index in [1.165, 1.54) is 11.3 Å². The summed E-state index contributed by atoms with van der Waals surface area (Å²) in [7, 11) is 2.12. The van der Waals surface area contributed by atoms with Crippen molar-refractivity contribution in [2.45, 2.75) is 39.0 Å². The molecule has 0 amide bonds. The van der Waals surface area contributed by atoms with Gasteiger partial charge in [-0.3, -0.25) is 4.98 Å². The van der Waals surface area contributed by atoms with E-state index in [4.69, 9.17) is 11.6 Å². The van der Waals surface area contributed by atoms with Gasteiger partial charge in [0.15, 0.2) is 5.67 Å². The number of aromatic nitrogens is 2. The molecule has 1 aromatic carbocycles. The molecule has 3 nitrogen and oxygen atoms in total. The highest BCUT2D eigenvalue weighted by Gasteiger charge is 2.31. The van der Waals surface area contributed by atoms with Crippen molar-refractivity contribution in [1.29, 1.82) is 0 Å². The molecule has 0 bridgehead atoms. The fourth-order valence-electron chi connectivity index (χ4n) is 3.90. The van der Waals surface area contributed by atoms with E-state index < -0.39 is 5.67 Å². The number of fused-ring (bicyclic) bond motifs is 3. The van der Waals surface area contributed by atoms with Crippen LogP contribution in [0.4, 0.5) is 4.39 Å². The molecule has 1 aliphatic rings. The summed E-state index contributed by atoms with van der Waals surface area (Å²) in [6, 6.07) is 9.61. The van der Waals surface area contributed by atoms with Crippen LogP contribution in [0.25, 0.3) is 10.9 Å². The number of hydrogen-bond acceptors (Lipinski definition) is 2. The van der Waals surface area contributed by atoms with Crippen LogP contribution >= 0.6 is 11.6 Å². The second kappa shape index (κ2) is 6.36. The largest absolute Gasteiger partial charge is 0.341 e. The molecule has 136 valence electrons. The van der Waals surface area contributed by atoms with Gasteiger partial charge in [0, 0.05) is 58.6 Å². The van der Waals surface area contributed by atoms with E-state index in [1.54, 1.807) is 13.1 Å². The highest BCUT2D eigenvalue weighted by atomic mass is 35.5. The monoisotopic (exact) mass is 371 g/mol. The summed E-state index contributed by atoms with van der Waals surface area (Å²) >= 11 is 6.25. The second-order valence-electron chi connectivity index (χ2n) is 7.55. The normalized spacial score (nSPS) is 17.3. The van der Waals surface area contributed by atoms with Crippen molar-refractivity contribution in [2.75, 3.05) is 13.6 Å². The van der Waals surface area contributed by atoms with Crippen molar-refractivity contribution < 1.29 is 4.39 Å². The number of halogens is 2. The van der Waals surface area contributed by atoms with Crippen molar-refractivity contribution >= 4 is 22.5 Å². The van der Waals surface area contributed by atoms with Gasteiger partial charge in [0.1, 0.15) is 0 Å². The van der Waals surface area contributed by atoms with Crippen molar-refractivity contribution in [3.8, 4) is 0 Å². The molecule has 0 N–H and O–H groups in total. The van der Waals surface area contributed by atoms with Gasteiger partial charge < -0.3 is 9.47 Å². The first-order valence-electron chi connectivity index (χ1n) is 8.95. The third-order valence-corrected chi connectivity index (χ3v) is 5.61. The average molecular weight is 372 g/mol. The van der Waals surface area contributed by atoms with Gasteiger partial charge in [-0.2, -0.15) is 0 Å². The molecule has 0 saturated carbocycles. The van der Waals surface area contributed by atoms with Crippen LogP contribution in [0.2, 0.25) is 5.02 Å². The topological polar surface area (TPSA) is 21.1 Å². The zero-order chi connectivity index (χ0) is 18.5. The molecule has 4 rings (SSSR count). The zero-order valence-corrected chi connectivity index (χ0v) is 16.1. The molecule has 1 unspecified atom stereocenters. The maximum atomic E-state index is 15.7. The fourth-order valence-corrected chi connectivity index (χ4v) is 4.07. The Kier molecular flexibility index (Phi) is 4.28. The van der Waals surface area contributed by atoms with Gasteiger partial charge in [-0.05, 0) is 50.7 Å². The maximum Gasteiger partial charge on any atom is 0.152 e. The lowest BCUT2D eigenvalue weighted by Gasteiger charge is -2.27. The number of nitrogens with zero attached hydrogens (tertiary/aromatic N) is 3. The lowest BCUT2D eigenvalue weighted by molar-refractivity contribution is 0.161. The summed E-state index contributed by atoms with van der Waals surface area (Å²) in [6.45, 7) is 5.67. The Labute approximate surface area is 158 Å². The number of alkyl halides is 1. The molecule has 0 spiro atoms. The van der Waals surface area contributed by atoms with E-state index in [1.807, 2.05) is 37.3 Å². The Balaban J connectivity index is 1.82. The quantitative estimate of drug-likeness (QED) is 0.654. The standard InChI is InChI=1S/C21H23ClFN3/c1-14-4-5-15(11-24-14)21(2,23)13-26-19-7-6-16(22)10-17(19)18-12-25(3)9-8-20(18)26/h4-7,10-11H,8-9,12-13H2,1-3H3. The predicted octanol–water partition coefficient (Wildman–Crippen LogP) is 4.87. The van der Waals surface area contributed by atoms with Gasteiger partial charge in [0.2, 0.25) is 0 Å². The minimum atomic E-state index is -1.50. The molecule has 1 atom stereocenters. The third-order valence-electron chi connectivity index (χ3n) is 5.38. The van der Waals surface area contributed by atoms with Crippen molar-refractivity contribution in [1.82, 2.24) is 14.5 Å². The predicted molar refractivity (Wildman–Crippen MR) is 104 cm³/mol. The van der Waals surface area contributed by atoms with E-state index in [2.05, 4.69) is 21.5 Å². The lowest BCUT2D eigenvalue weighted by Crippen LogP contribution is -2.29. The first-order valence-corrected chi connectivity index (χ1v) is 9.33. The summed E-state index contributed by atoms with van der Waals surface area (Å²) in [5.41, 5.74) is 3.56. The molecular weight excluding hydrogens is 349 g/mol. The highest BCUT2D eigenvalue weighted by Crippen LogP contribution is 2.36. The number of aryl methyl sites for hydroxylation is 1. The van der Waals surface area contributed by atoms with Crippen LogP contribution in [-0.4, -0.2) is 28.0 Å². The molecule has 0 saturated heterocycles. The van der Waals surface area contributed by atoms with E-state index in [0.717, 1.165) is 41.1 Å². The highest BCUT2D eigenvalue weighted by molar-refractivity contribution is 6.31. The smallest absolute Gasteiger partial charge is 0.152 e. The van der Waals surface area contributed by atoms with Crippen molar-refractivity contribution in [3.63, 3.8) is 0 Å². The molecule has 26 heavy (non-hydrogen) atoms. The summed E-state index contributed by atoms with van der Waals surface area (Å²) < 4.78 is 17.8. The van der Waals surface area contributed by atoms with Crippen molar-refractivity contribution in [2.24, 2.45) is 0 Å². The Morgan fingerprint density at radius 2 is 2.08 bits per heavy atom. The molecule has 0 fully saturated rings. The SMILES string of the molecule is Cc1ccc(C(C)(F)Cn2c3c(c4cc(Cl)ccc42)CN(C)CC3)cn1. The summed E-state index contributed by atoms with van der Waals surface area (Å²) in [5, 5.41) is 1.85. The molecule has 3 aromatic rings. The number of hydrogen-bond donors (Lipinski definition) is 0. The van der Waals surface area contributed by atoms with Crippen LogP contribution in [0.3, 0.4) is 0 Å². The van der Waals surface area contributed by atoms with Gasteiger partial charge in [0.05, 0.1) is 6.54 Å². The Bertz CT molecular complexity index is 960. The molecule has 0 radical (unpaired) electrons. The molecular formula is C21H23ClFN3. The minimum absolute atomic E-state index is 0.273. The molecule has 0 aliphatic carbocycles. The van der Waals surface area contributed by atoms with Gasteiger partial charge in [-0.1, -0.05) is 17.7 Å². The maximum absolute atomic E-state index is 15.7. The molecule has 2 aromatic heterocycles. The van der Waals surface area contributed by atoms with E-state index >= 15 is 4.39 Å². The summed E-state index contributed by atoms with van der Waals surface area (Å²) in [5.74, 6) is 0. The number of rotatable bonds is 3. The van der Waals surface area contributed by atoms with Gasteiger partial charge >= 0.3 is 0 Å². The number of pyridine rings is 1. The average Bonchev–Trinajstić information content (AvgIpc) is 2.87. The minimum Gasteiger partial charge on any atom is -0.341 e. The summed E-state index contributed by atoms with van der Waals surface area (Å²) in [4.78, 5) is 6.57. The number of benzene rings is 1. The van der Waals surface area contributed by atoms with Gasteiger partial charge in [0.25, 0.3) is 0 Å². The molecule has 1 aliphatic heterocycles. The first kappa shape index (κ1) is 17.5. The van der Waals surface area contributed by atoms with E-state index in [9.17, 15) is 0 Å². The van der Waals surface area contributed by atoms with E-state index in [-0.39, 0.29) is 6.54 Å². The second-order valence-corrected chi connectivity index (χ2v) is 7.98. The first-order chi connectivity index (χ1) is 12.3. The Hall–Kier alpha value is -1.91. The van der Waals surface area contributed by atoms with E-state index in [0.29, 0.717) is 5.56 Å². The lowest BCUT2D eigenvalue weighted by atomic mass is 9.99. The van der Waals surface area contributed by atoms with Crippen LogP contribution in [0.1, 0.15) is 29.4 Å². The summed E-state index contributed by atoms with van der Waals surface area (Å²) in [6.07, 6.45) is 2.57. The van der Waals surface area contributed by atoms with Crippen LogP contribution in [0, 0.1) is 6.92 Å².